The second-order valence-electron chi connectivity index (χ2n) is 7.25. The summed E-state index contributed by atoms with van der Waals surface area (Å²) >= 11 is 0. The van der Waals surface area contributed by atoms with Crippen molar-refractivity contribution in [1.29, 1.82) is 0 Å². The summed E-state index contributed by atoms with van der Waals surface area (Å²) in [5.74, 6) is 1.03. The van der Waals surface area contributed by atoms with E-state index >= 15 is 0 Å². The molecule has 1 aliphatic rings. The molecule has 122 valence electrons. The maximum Gasteiger partial charge on any atom is 0.126 e. The number of hydrogen-bond acceptors (Lipinski definition) is 1. The molecule has 0 bridgehead atoms. The van der Waals surface area contributed by atoms with Gasteiger partial charge in [-0.3, -0.25) is 0 Å². The van der Waals surface area contributed by atoms with Gasteiger partial charge in [-0.05, 0) is 61.8 Å². The van der Waals surface area contributed by atoms with Gasteiger partial charge >= 0.3 is 0 Å². The van der Waals surface area contributed by atoms with E-state index in [9.17, 15) is 0 Å². The predicted molar refractivity (Wildman–Crippen MR) is 101 cm³/mol. The number of rotatable bonds is 4. The van der Waals surface area contributed by atoms with E-state index in [4.69, 9.17) is 4.74 Å². The third-order valence-electron chi connectivity index (χ3n) is 5.38. The zero-order chi connectivity index (χ0) is 16.8. The minimum absolute atomic E-state index is 0.161. The number of allylic oxidation sites excluding steroid dienone is 2. The second-order valence-corrected chi connectivity index (χ2v) is 11.0. The standard InChI is InChI=1S/C20H31OP/c1-12(2)22(13(3)4)20(8)16(7)15(6)18-17(21-9)11-10-14(5)19(18)20/h10-13H,1-9H3/t20-/m0/s1. The molecule has 2 rings (SSSR count). The molecule has 0 saturated carbocycles. The highest BCUT2D eigenvalue weighted by molar-refractivity contribution is 7.60. The molecule has 0 saturated heterocycles. The molecule has 0 aliphatic heterocycles. The maximum atomic E-state index is 5.70. The van der Waals surface area contributed by atoms with Crippen LogP contribution >= 0.6 is 7.92 Å². The molecule has 1 atom stereocenters. The van der Waals surface area contributed by atoms with Crippen LogP contribution in [0.15, 0.2) is 17.7 Å². The lowest BCUT2D eigenvalue weighted by Crippen LogP contribution is -2.27. The summed E-state index contributed by atoms with van der Waals surface area (Å²) in [5.41, 5.74) is 8.67. The van der Waals surface area contributed by atoms with Crippen LogP contribution in [0.1, 0.15) is 65.2 Å². The first kappa shape index (κ1) is 17.5. The lowest BCUT2D eigenvalue weighted by Gasteiger charge is -2.43. The fourth-order valence-electron chi connectivity index (χ4n) is 4.55. The lowest BCUT2D eigenvalue weighted by molar-refractivity contribution is 0.413. The van der Waals surface area contributed by atoms with Gasteiger partial charge in [0.1, 0.15) is 5.75 Å². The van der Waals surface area contributed by atoms with Crippen molar-refractivity contribution in [3.05, 3.63) is 34.4 Å². The van der Waals surface area contributed by atoms with E-state index in [1.165, 1.54) is 22.3 Å². The number of methoxy groups -OCH3 is 1. The molecule has 1 aromatic rings. The van der Waals surface area contributed by atoms with E-state index in [0.717, 1.165) is 5.75 Å². The molecule has 0 unspecified atom stereocenters. The minimum Gasteiger partial charge on any atom is -0.496 e. The van der Waals surface area contributed by atoms with Crippen molar-refractivity contribution in [3.63, 3.8) is 0 Å². The van der Waals surface area contributed by atoms with E-state index in [2.05, 4.69) is 67.5 Å². The van der Waals surface area contributed by atoms with Crippen LogP contribution in [-0.4, -0.2) is 18.4 Å². The lowest BCUT2D eigenvalue weighted by atomic mass is 9.93. The maximum absolute atomic E-state index is 5.70. The van der Waals surface area contributed by atoms with Gasteiger partial charge in [0.25, 0.3) is 0 Å². The van der Waals surface area contributed by atoms with Gasteiger partial charge in [-0.15, -0.1) is 0 Å². The summed E-state index contributed by atoms with van der Waals surface area (Å²) in [6.45, 7) is 18.9. The van der Waals surface area contributed by atoms with Crippen LogP contribution in [0.5, 0.6) is 5.75 Å². The molecule has 0 radical (unpaired) electrons. The van der Waals surface area contributed by atoms with Crippen LogP contribution in [0.4, 0.5) is 0 Å². The SMILES string of the molecule is COc1ccc(C)c2c1C(C)=C(C)[C@]2(C)P(C(C)C)C(C)C. The van der Waals surface area contributed by atoms with Crippen LogP contribution in [0.3, 0.4) is 0 Å². The van der Waals surface area contributed by atoms with E-state index in [0.29, 0.717) is 11.3 Å². The summed E-state index contributed by atoms with van der Waals surface area (Å²) < 4.78 is 5.70. The first-order valence-electron chi connectivity index (χ1n) is 8.32. The molecule has 1 aromatic carbocycles. The molecule has 0 N–H and O–H groups in total. The second kappa shape index (κ2) is 6.00. The summed E-state index contributed by atoms with van der Waals surface area (Å²) in [6, 6.07) is 4.36. The highest BCUT2D eigenvalue weighted by atomic mass is 31.1. The molecule has 22 heavy (non-hydrogen) atoms. The smallest absolute Gasteiger partial charge is 0.126 e. The molecule has 1 aliphatic carbocycles. The largest absolute Gasteiger partial charge is 0.496 e. The van der Waals surface area contributed by atoms with Crippen molar-refractivity contribution in [2.45, 2.75) is 71.9 Å². The van der Waals surface area contributed by atoms with Crippen molar-refractivity contribution in [3.8, 4) is 5.75 Å². The van der Waals surface area contributed by atoms with Crippen LogP contribution in [0, 0.1) is 6.92 Å². The number of ether oxygens (including phenoxy) is 1. The van der Waals surface area contributed by atoms with Crippen LogP contribution < -0.4 is 4.74 Å². The zero-order valence-electron chi connectivity index (χ0n) is 15.7. The number of hydrogen-bond donors (Lipinski definition) is 0. The normalized spacial score (nSPS) is 21.3. The van der Waals surface area contributed by atoms with Crippen LogP contribution in [-0.2, 0) is 5.16 Å². The molecule has 1 nitrogen and oxygen atoms in total. The molecule has 0 heterocycles. The molecular formula is C20H31OP. The van der Waals surface area contributed by atoms with Gasteiger partial charge < -0.3 is 4.74 Å². The Morgan fingerprint density at radius 2 is 1.55 bits per heavy atom. The summed E-state index contributed by atoms with van der Waals surface area (Å²) in [5, 5.41) is 0.162. The fourth-order valence-corrected chi connectivity index (χ4v) is 8.91. The van der Waals surface area contributed by atoms with Gasteiger partial charge in [-0.25, -0.2) is 0 Å². The molecule has 0 spiro atoms. The summed E-state index contributed by atoms with van der Waals surface area (Å²) in [7, 11) is 1.63. The summed E-state index contributed by atoms with van der Waals surface area (Å²) in [6.07, 6.45) is 0. The minimum atomic E-state index is -0.161. The number of fused-ring (bicyclic) bond motifs is 1. The first-order valence-corrected chi connectivity index (χ1v) is 9.80. The fraction of sp³-hybridized carbons (Fsp3) is 0.600. The van der Waals surface area contributed by atoms with Gasteiger partial charge in [-0.1, -0.05) is 47.3 Å². The van der Waals surface area contributed by atoms with E-state index in [1.54, 1.807) is 12.7 Å². The zero-order valence-corrected chi connectivity index (χ0v) is 16.6. The predicted octanol–water partition coefficient (Wildman–Crippen LogP) is 6.32. The summed E-state index contributed by atoms with van der Waals surface area (Å²) in [4.78, 5) is 0. The van der Waals surface area contributed by atoms with E-state index < -0.39 is 0 Å². The van der Waals surface area contributed by atoms with Crippen molar-refractivity contribution < 1.29 is 4.74 Å². The van der Waals surface area contributed by atoms with Gasteiger partial charge in [0.15, 0.2) is 0 Å². The van der Waals surface area contributed by atoms with Gasteiger partial charge in [0, 0.05) is 10.7 Å². The van der Waals surface area contributed by atoms with E-state index in [-0.39, 0.29) is 13.1 Å². The Balaban J connectivity index is 2.82. The van der Waals surface area contributed by atoms with Gasteiger partial charge in [-0.2, -0.15) is 0 Å². The van der Waals surface area contributed by atoms with Gasteiger partial charge in [0.05, 0.1) is 7.11 Å². The molecule has 0 aromatic heterocycles. The first-order chi connectivity index (χ1) is 10.2. The molecule has 0 amide bonds. The average molecular weight is 318 g/mol. The third kappa shape index (κ3) is 2.33. The molecular weight excluding hydrogens is 287 g/mol. The quantitative estimate of drug-likeness (QED) is 0.590. The van der Waals surface area contributed by atoms with Crippen molar-refractivity contribution in [1.82, 2.24) is 0 Å². The monoisotopic (exact) mass is 318 g/mol. The van der Waals surface area contributed by atoms with Gasteiger partial charge in [0.2, 0.25) is 0 Å². The highest BCUT2D eigenvalue weighted by Crippen LogP contribution is 2.70. The van der Waals surface area contributed by atoms with Crippen molar-refractivity contribution >= 4 is 13.5 Å². The Morgan fingerprint density at radius 1 is 1.00 bits per heavy atom. The Bertz CT molecular complexity index is 604. The molecule has 2 heteroatoms. The third-order valence-corrected chi connectivity index (χ3v) is 9.20. The Hall–Kier alpha value is -0.810. The average Bonchev–Trinajstić information content (AvgIpc) is 2.62. The molecule has 0 fully saturated rings. The Morgan fingerprint density at radius 3 is 2.00 bits per heavy atom. The highest BCUT2D eigenvalue weighted by Gasteiger charge is 2.47. The van der Waals surface area contributed by atoms with Crippen LogP contribution in [0.2, 0.25) is 0 Å². The topological polar surface area (TPSA) is 9.23 Å². The van der Waals surface area contributed by atoms with Crippen molar-refractivity contribution in [2.75, 3.05) is 7.11 Å². The Labute approximate surface area is 137 Å². The Kier molecular flexibility index (Phi) is 4.79. The van der Waals surface area contributed by atoms with Crippen molar-refractivity contribution in [2.24, 2.45) is 0 Å². The number of benzene rings is 1. The van der Waals surface area contributed by atoms with E-state index in [1.807, 2.05) is 0 Å². The number of aryl methyl sites for hydroxylation is 1. The van der Waals surface area contributed by atoms with Crippen LogP contribution in [0.25, 0.3) is 5.57 Å².